The summed E-state index contributed by atoms with van der Waals surface area (Å²) in [6.45, 7) is 6.85. The topological polar surface area (TPSA) is 132 Å². The highest BCUT2D eigenvalue weighted by Gasteiger charge is 2.40. The lowest BCUT2D eigenvalue weighted by Crippen LogP contribution is -2.50. The molecule has 2 aliphatic heterocycles. The molecule has 10 heteroatoms. The molecule has 2 aromatic carbocycles. The fourth-order valence-corrected chi connectivity index (χ4v) is 5.24. The van der Waals surface area contributed by atoms with Crippen molar-refractivity contribution in [2.75, 3.05) is 32.0 Å². The number of hydrogen-bond donors (Lipinski definition) is 3. The predicted octanol–water partition coefficient (Wildman–Crippen LogP) is 4.70. The number of anilines is 1. The number of amides is 1. The molecule has 0 spiro atoms. The van der Waals surface area contributed by atoms with Crippen LogP contribution in [-0.2, 0) is 4.74 Å². The van der Waals surface area contributed by atoms with Gasteiger partial charge in [0, 0.05) is 24.6 Å². The summed E-state index contributed by atoms with van der Waals surface area (Å²) in [5.41, 5.74) is 5.79. The van der Waals surface area contributed by atoms with Crippen LogP contribution in [0.1, 0.15) is 50.0 Å². The predicted molar refractivity (Wildman–Crippen MR) is 154 cm³/mol. The number of nitrogens with two attached hydrogens (primary N) is 1. The van der Waals surface area contributed by atoms with Crippen LogP contribution in [0, 0.1) is 5.92 Å². The number of fused-ring (bicyclic) bond motifs is 1. The van der Waals surface area contributed by atoms with Crippen molar-refractivity contribution < 1.29 is 24.2 Å². The van der Waals surface area contributed by atoms with Crippen LogP contribution in [0.2, 0.25) is 0 Å². The van der Waals surface area contributed by atoms with E-state index in [1.807, 2.05) is 80.1 Å². The lowest BCUT2D eigenvalue weighted by atomic mass is 9.85. The fraction of sp³-hybridized carbons (Fsp3) is 0.433. The summed E-state index contributed by atoms with van der Waals surface area (Å²) in [5, 5.41) is 19.3. The summed E-state index contributed by atoms with van der Waals surface area (Å²) in [7, 11) is 1.50. The minimum absolute atomic E-state index is 0.102. The van der Waals surface area contributed by atoms with Gasteiger partial charge in [0.05, 0.1) is 24.3 Å². The Morgan fingerprint density at radius 2 is 1.75 bits per heavy atom. The third-order valence-electron chi connectivity index (χ3n) is 7.00. The van der Waals surface area contributed by atoms with Gasteiger partial charge in [-0.15, -0.1) is 0 Å². The lowest BCUT2D eigenvalue weighted by molar-refractivity contribution is -0.0253. The van der Waals surface area contributed by atoms with E-state index in [2.05, 4.69) is 11.1 Å². The summed E-state index contributed by atoms with van der Waals surface area (Å²) in [4.78, 5) is 26.3. The molecule has 4 N–H and O–H groups in total. The number of nitrogens with one attached hydrogen (secondary N) is 1. The summed E-state index contributed by atoms with van der Waals surface area (Å²) >= 11 is 0. The van der Waals surface area contributed by atoms with Crippen LogP contribution in [0.4, 0.5) is 10.6 Å². The minimum Gasteiger partial charge on any atom is -0.457 e. The molecule has 3 aromatic rings. The first kappa shape index (κ1) is 29.1. The van der Waals surface area contributed by atoms with Gasteiger partial charge in [-0.3, -0.25) is 4.79 Å². The molecule has 3 atom stereocenters. The third-order valence-corrected chi connectivity index (χ3v) is 7.00. The first-order chi connectivity index (χ1) is 19.2. The van der Waals surface area contributed by atoms with Crippen molar-refractivity contribution in [2.45, 2.75) is 51.4 Å². The molecule has 214 valence electrons. The Bertz CT molecular complexity index is 1290. The van der Waals surface area contributed by atoms with Gasteiger partial charge in [-0.2, -0.15) is 5.10 Å². The Morgan fingerprint density at radius 3 is 2.38 bits per heavy atom. The van der Waals surface area contributed by atoms with Gasteiger partial charge >= 0.3 is 6.09 Å². The molecule has 3 heterocycles. The number of aromatic nitrogens is 2. The first-order valence-corrected chi connectivity index (χ1v) is 13.6. The molecule has 0 radical (unpaired) electrons. The Balaban J connectivity index is 0.00000181. The molecule has 0 saturated carbocycles. The van der Waals surface area contributed by atoms with E-state index in [4.69, 9.17) is 14.6 Å². The number of carbonyl (C=O) groups excluding carboxylic acids is 2. The smallest absolute Gasteiger partial charge is 0.410 e. The minimum atomic E-state index is -0.728. The van der Waals surface area contributed by atoms with Gasteiger partial charge < -0.3 is 30.5 Å². The van der Waals surface area contributed by atoms with Crippen molar-refractivity contribution in [1.29, 1.82) is 0 Å². The number of carbonyl (C=O) groups is 2. The number of aliphatic hydroxyl groups excluding tert-OH is 1. The van der Waals surface area contributed by atoms with Gasteiger partial charge in [0.15, 0.2) is 6.29 Å². The monoisotopic (exact) mass is 549 g/mol. The maximum atomic E-state index is 12.5. The normalized spacial score (nSPS) is 20.4. The number of aldehydes is 1. The molecule has 1 saturated heterocycles. The lowest BCUT2D eigenvalue weighted by Gasteiger charge is -2.41. The van der Waals surface area contributed by atoms with Gasteiger partial charge in [-0.25, -0.2) is 9.48 Å². The van der Waals surface area contributed by atoms with Crippen molar-refractivity contribution in [3.05, 3.63) is 60.2 Å². The molecular weight excluding hydrogens is 510 g/mol. The standard InChI is InChI=1S/C29H34N4O5.CH5N/c1-29(2,3)38-28(36)32-16-14-22(25(35)17-32)24-13-15-30-27-23(18-34)26(31-33(24)27)19-9-11-21(12-10-19)37-20-7-5-4-6-8-20;1-2/h4-12,18,22,24-25,30,35H,13-17H2,1-3H3;2H2,1H3. The van der Waals surface area contributed by atoms with Gasteiger partial charge in [0.2, 0.25) is 0 Å². The molecule has 0 aliphatic carbocycles. The molecule has 40 heavy (non-hydrogen) atoms. The van der Waals surface area contributed by atoms with Gasteiger partial charge in [0.25, 0.3) is 0 Å². The number of piperidine rings is 1. The number of ether oxygens (including phenoxy) is 2. The number of para-hydroxylation sites is 1. The van der Waals surface area contributed by atoms with Crippen molar-refractivity contribution in [3.8, 4) is 22.8 Å². The molecule has 1 amide bonds. The van der Waals surface area contributed by atoms with E-state index >= 15 is 0 Å². The number of β-amino-alcohol motifs (C(OH)–C–C–N with tert-alkyl or cyclic N) is 1. The average Bonchev–Trinajstić information content (AvgIpc) is 3.33. The highest BCUT2D eigenvalue weighted by molar-refractivity contribution is 5.92. The van der Waals surface area contributed by atoms with Crippen molar-refractivity contribution in [1.82, 2.24) is 14.7 Å². The first-order valence-electron chi connectivity index (χ1n) is 13.6. The molecule has 0 bridgehead atoms. The molecular formula is C30H39N5O5. The second-order valence-electron chi connectivity index (χ2n) is 10.8. The summed E-state index contributed by atoms with van der Waals surface area (Å²) in [6, 6.07) is 16.9. The molecule has 3 unspecified atom stereocenters. The van der Waals surface area contributed by atoms with E-state index in [1.165, 1.54) is 7.05 Å². The van der Waals surface area contributed by atoms with Crippen molar-refractivity contribution in [3.63, 3.8) is 0 Å². The quantitative estimate of drug-likeness (QED) is 0.390. The van der Waals surface area contributed by atoms with Crippen LogP contribution in [0.5, 0.6) is 11.5 Å². The van der Waals surface area contributed by atoms with E-state index < -0.39 is 17.8 Å². The van der Waals surface area contributed by atoms with Gasteiger partial charge in [-0.05, 0) is 77.1 Å². The van der Waals surface area contributed by atoms with E-state index in [9.17, 15) is 14.7 Å². The number of likely N-dealkylation sites (tertiary alicyclic amines) is 1. The van der Waals surface area contributed by atoms with Crippen LogP contribution in [0.25, 0.3) is 11.3 Å². The molecule has 1 aromatic heterocycles. The number of rotatable bonds is 5. The second-order valence-corrected chi connectivity index (χ2v) is 10.8. The zero-order valence-corrected chi connectivity index (χ0v) is 23.5. The van der Waals surface area contributed by atoms with Gasteiger partial charge in [0.1, 0.15) is 28.6 Å². The van der Waals surface area contributed by atoms with Crippen LogP contribution in [0.3, 0.4) is 0 Å². The van der Waals surface area contributed by atoms with Crippen LogP contribution in [-0.4, -0.2) is 70.6 Å². The Hall–Kier alpha value is -3.89. The number of benzene rings is 2. The number of aliphatic hydroxyl groups is 1. The highest BCUT2D eigenvalue weighted by Crippen LogP contribution is 2.40. The second kappa shape index (κ2) is 12.5. The molecule has 2 aliphatic rings. The van der Waals surface area contributed by atoms with Crippen LogP contribution in [0.15, 0.2) is 54.6 Å². The summed E-state index contributed by atoms with van der Waals surface area (Å²) in [6.07, 6.45) is 1.06. The van der Waals surface area contributed by atoms with E-state index in [0.717, 1.165) is 24.0 Å². The average molecular weight is 550 g/mol. The summed E-state index contributed by atoms with van der Waals surface area (Å²) < 4.78 is 13.2. The number of hydrogen-bond acceptors (Lipinski definition) is 8. The maximum absolute atomic E-state index is 12.5. The Kier molecular flexibility index (Phi) is 9.11. The summed E-state index contributed by atoms with van der Waals surface area (Å²) in [5.74, 6) is 1.99. The maximum Gasteiger partial charge on any atom is 0.410 e. The molecule has 5 rings (SSSR count). The van der Waals surface area contributed by atoms with Crippen LogP contribution >= 0.6 is 0 Å². The SMILES string of the molecule is CC(C)(C)OC(=O)N1CCC(C2CCNc3c(C=O)c(-c4ccc(Oc5ccccc5)cc4)nn32)C(O)C1.CN. The third kappa shape index (κ3) is 6.46. The van der Waals surface area contributed by atoms with Crippen molar-refractivity contribution >= 4 is 18.2 Å². The van der Waals surface area contributed by atoms with E-state index in [1.54, 1.807) is 4.90 Å². The van der Waals surface area contributed by atoms with E-state index in [-0.39, 0.29) is 18.5 Å². The number of nitrogens with zero attached hydrogens (tertiary/aromatic N) is 3. The zero-order chi connectivity index (χ0) is 28.9. The fourth-order valence-electron chi connectivity index (χ4n) is 5.24. The molecule has 10 nitrogen and oxygen atoms in total. The van der Waals surface area contributed by atoms with Gasteiger partial charge in [-0.1, -0.05) is 18.2 Å². The zero-order valence-electron chi connectivity index (χ0n) is 23.5. The van der Waals surface area contributed by atoms with E-state index in [0.29, 0.717) is 42.3 Å². The Labute approximate surface area is 235 Å². The van der Waals surface area contributed by atoms with Crippen LogP contribution < -0.4 is 15.8 Å². The van der Waals surface area contributed by atoms with Crippen molar-refractivity contribution in [2.24, 2.45) is 11.7 Å². The largest absolute Gasteiger partial charge is 0.457 e. The molecule has 1 fully saturated rings. The Morgan fingerprint density at radius 1 is 1.07 bits per heavy atom. The highest BCUT2D eigenvalue weighted by atomic mass is 16.6.